The first-order chi connectivity index (χ1) is 18.4. The van der Waals surface area contributed by atoms with E-state index in [1.54, 1.807) is 11.0 Å². The molecule has 1 N–H and O–H groups in total. The zero-order chi connectivity index (χ0) is 26.4. The smallest absolute Gasteiger partial charge is 0.255 e. The van der Waals surface area contributed by atoms with Gasteiger partial charge in [0.05, 0.1) is 11.7 Å². The molecule has 1 aliphatic rings. The van der Waals surface area contributed by atoms with Gasteiger partial charge in [0, 0.05) is 39.8 Å². The normalized spacial score (nSPS) is 14.7. The number of para-hydroxylation sites is 1. The van der Waals surface area contributed by atoms with Gasteiger partial charge in [0.1, 0.15) is 6.54 Å². The summed E-state index contributed by atoms with van der Waals surface area (Å²) in [6, 6.07) is 31.0. The third-order valence-electron chi connectivity index (χ3n) is 7.29. The van der Waals surface area contributed by atoms with Crippen molar-refractivity contribution in [1.29, 1.82) is 0 Å². The number of benzene rings is 4. The van der Waals surface area contributed by atoms with Crippen LogP contribution in [0.15, 0.2) is 97.1 Å². The van der Waals surface area contributed by atoms with Crippen LogP contribution in [0.1, 0.15) is 33.1 Å². The van der Waals surface area contributed by atoms with Crippen LogP contribution in [-0.2, 0) is 11.8 Å². The van der Waals surface area contributed by atoms with Gasteiger partial charge in [-0.1, -0.05) is 84.4 Å². The Kier molecular flexibility index (Phi) is 6.01. The molecule has 2 amide bonds. The average molecular weight is 520 g/mol. The summed E-state index contributed by atoms with van der Waals surface area (Å²) in [4.78, 5) is 28.8. The minimum Gasteiger partial charge on any atom is -0.343 e. The van der Waals surface area contributed by atoms with Crippen molar-refractivity contribution in [2.75, 3.05) is 11.9 Å². The lowest BCUT2D eigenvalue weighted by Gasteiger charge is -2.26. The fourth-order valence-electron chi connectivity index (χ4n) is 5.51. The van der Waals surface area contributed by atoms with Crippen LogP contribution >= 0.6 is 11.6 Å². The SMILES string of the molecule is Cc1ccc(NC(=O)CN2C(=O)c3ccccc3C2c2c(-c3ccccc3)n(C)c3ccccc23)cc1Cl. The van der Waals surface area contributed by atoms with Crippen LogP contribution < -0.4 is 5.32 Å². The molecule has 1 atom stereocenters. The number of amides is 2. The van der Waals surface area contributed by atoms with Gasteiger partial charge in [-0.25, -0.2) is 0 Å². The fourth-order valence-corrected chi connectivity index (χ4v) is 5.70. The van der Waals surface area contributed by atoms with Gasteiger partial charge >= 0.3 is 0 Å². The highest BCUT2D eigenvalue weighted by molar-refractivity contribution is 6.31. The summed E-state index contributed by atoms with van der Waals surface area (Å²) < 4.78 is 2.18. The van der Waals surface area contributed by atoms with Gasteiger partial charge in [0.2, 0.25) is 5.91 Å². The minimum atomic E-state index is -0.424. The van der Waals surface area contributed by atoms with E-state index in [0.29, 0.717) is 16.3 Å². The molecule has 1 aliphatic heterocycles. The molecule has 1 unspecified atom stereocenters. The van der Waals surface area contributed by atoms with Crippen molar-refractivity contribution in [3.8, 4) is 11.3 Å². The Balaban J connectivity index is 1.49. The van der Waals surface area contributed by atoms with Crippen LogP contribution in [0.5, 0.6) is 0 Å². The Morgan fingerprint density at radius 2 is 1.63 bits per heavy atom. The van der Waals surface area contributed by atoms with Crippen LogP contribution in [0.25, 0.3) is 22.2 Å². The van der Waals surface area contributed by atoms with E-state index in [-0.39, 0.29) is 18.4 Å². The van der Waals surface area contributed by atoms with E-state index in [0.717, 1.165) is 38.9 Å². The number of anilines is 1. The first-order valence-electron chi connectivity index (χ1n) is 12.5. The fraction of sp³-hybridized carbons (Fsp3) is 0.125. The molecule has 4 aromatic carbocycles. The van der Waals surface area contributed by atoms with Gasteiger partial charge < -0.3 is 14.8 Å². The number of hydrogen-bond acceptors (Lipinski definition) is 2. The number of aryl methyl sites for hydroxylation is 2. The Morgan fingerprint density at radius 3 is 2.42 bits per heavy atom. The van der Waals surface area contributed by atoms with E-state index in [2.05, 4.69) is 41.2 Å². The molecular formula is C32H26ClN3O2. The average Bonchev–Trinajstić information content (AvgIpc) is 3.37. The molecule has 5 aromatic rings. The predicted molar refractivity (Wildman–Crippen MR) is 152 cm³/mol. The minimum absolute atomic E-state index is 0.0961. The predicted octanol–water partition coefficient (Wildman–Crippen LogP) is 6.99. The van der Waals surface area contributed by atoms with Crippen LogP contribution in [0.2, 0.25) is 5.02 Å². The quantitative estimate of drug-likeness (QED) is 0.272. The summed E-state index contributed by atoms with van der Waals surface area (Å²) in [5.74, 6) is -0.438. The van der Waals surface area contributed by atoms with Gasteiger partial charge in [-0.2, -0.15) is 0 Å². The summed E-state index contributed by atoms with van der Waals surface area (Å²) in [5.41, 5.74) is 7.21. The van der Waals surface area contributed by atoms with Crippen molar-refractivity contribution in [1.82, 2.24) is 9.47 Å². The van der Waals surface area contributed by atoms with E-state index in [1.165, 1.54) is 0 Å². The number of hydrogen-bond donors (Lipinski definition) is 1. The number of nitrogens with zero attached hydrogens (tertiary/aromatic N) is 2. The van der Waals surface area contributed by atoms with E-state index >= 15 is 0 Å². The summed E-state index contributed by atoms with van der Waals surface area (Å²) in [7, 11) is 2.05. The maximum atomic E-state index is 13.8. The maximum absolute atomic E-state index is 13.8. The lowest BCUT2D eigenvalue weighted by atomic mass is 9.93. The molecule has 0 saturated carbocycles. The van der Waals surface area contributed by atoms with Crippen molar-refractivity contribution >= 4 is 40.0 Å². The molecule has 6 rings (SSSR count). The third kappa shape index (κ3) is 3.96. The lowest BCUT2D eigenvalue weighted by molar-refractivity contribution is -0.117. The van der Waals surface area contributed by atoms with Crippen molar-refractivity contribution in [3.63, 3.8) is 0 Å². The molecule has 0 radical (unpaired) electrons. The van der Waals surface area contributed by atoms with Crippen LogP contribution in [0.3, 0.4) is 0 Å². The van der Waals surface area contributed by atoms with E-state index in [9.17, 15) is 9.59 Å². The molecule has 6 heteroatoms. The molecule has 0 aliphatic carbocycles. The molecule has 0 spiro atoms. The summed E-state index contributed by atoms with van der Waals surface area (Å²) in [5, 5.41) is 4.55. The second-order valence-electron chi connectivity index (χ2n) is 9.64. The molecule has 0 bridgehead atoms. The molecule has 2 heterocycles. The van der Waals surface area contributed by atoms with Gasteiger partial charge in [-0.05, 0) is 47.9 Å². The van der Waals surface area contributed by atoms with Crippen molar-refractivity contribution in [2.45, 2.75) is 13.0 Å². The molecule has 0 fully saturated rings. The Hall–Kier alpha value is -4.35. The van der Waals surface area contributed by atoms with Crippen molar-refractivity contribution in [3.05, 3.63) is 124 Å². The highest BCUT2D eigenvalue weighted by Crippen LogP contribution is 2.46. The van der Waals surface area contributed by atoms with Gasteiger partial charge in [-0.15, -0.1) is 0 Å². The van der Waals surface area contributed by atoms with Crippen molar-refractivity contribution < 1.29 is 9.59 Å². The Morgan fingerprint density at radius 1 is 0.921 bits per heavy atom. The van der Waals surface area contributed by atoms with E-state index < -0.39 is 6.04 Å². The number of nitrogens with one attached hydrogen (secondary N) is 1. The summed E-state index contributed by atoms with van der Waals surface area (Å²) in [6.07, 6.45) is 0. The largest absolute Gasteiger partial charge is 0.343 e. The first-order valence-corrected chi connectivity index (χ1v) is 12.9. The number of rotatable bonds is 5. The standard InChI is InChI=1S/C32H26ClN3O2/c1-20-16-17-22(18-26(20)33)34-28(37)19-36-31(23-12-6-7-13-24(23)32(36)38)29-25-14-8-9-15-27(25)35(2)30(29)21-10-4-3-5-11-21/h3-18,31H,19H2,1-2H3,(H,34,37). The molecule has 38 heavy (non-hydrogen) atoms. The summed E-state index contributed by atoms with van der Waals surface area (Å²) >= 11 is 6.27. The second-order valence-corrected chi connectivity index (χ2v) is 10.0. The van der Waals surface area contributed by atoms with Gasteiger partial charge in [0.25, 0.3) is 5.91 Å². The van der Waals surface area contributed by atoms with Gasteiger partial charge in [-0.3, -0.25) is 9.59 Å². The maximum Gasteiger partial charge on any atom is 0.255 e. The number of carbonyl (C=O) groups excluding carboxylic acids is 2. The van der Waals surface area contributed by atoms with Crippen LogP contribution in [-0.4, -0.2) is 27.8 Å². The summed E-state index contributed by atoms with van der Waals surface area (Å²) in [6.45, 7) is 1.81. The van der Waals surface area contributed by atoms with E-state index in [1.807, 2.05) is 73.7 Å². The third-order valence-corrected chi connectivity index (χ3v) is 7.70. The molecule has 0 saturated heterocycles. The number of aromatic nitrogens is 1. The molecule has 188 valence electrons. The Bertz CT molecular complexity index is 1710. The zero-order valence-corrected chi connectivity index (χ0v) is 21.9. The van der Waals surface area contributed by atoms with Crippen LogP contribution in [0, 0.1) is 6.92 Å². The van der Waals surface area contributed by atoms with Crippen LogP contribution in [0.4, 0.5) is 5.69 Å². The second kappa shape index (κ2) is 9.51. The monoisotopic (exact) mass is 519 g/mol. The van der Waals surface area contributed by atoms with Gasteiger partial charge in [0.15, 0.2) is 0 Å². The lowest BCUT2D eigenvalue weighted by Crippen LogP contribution is -2.36. The molecule has 5 nitrogen and oxygen atoms in total. The number of halogens is 1. The highest BCUT2D eigenvalue weighted by atomic mass is 35.5. The highest BCUT2D eigenvalue weighted by Gasteiger charge is 2.41. The topological polar surface area (TPSA) is 54.3 Å². The van der Waals surface area contributed by atoms with Crippen molar-refractivity contribution in [2.24, 2.45) is 7.05 Å². The molecule has 1 aromatic heterocycles. The molecular weight excluding hydrogens is 494 g/mol. The number of fused-ring (bicyclic) bond motifs is 2. The first kappa shape index (κ1) is 24.0. The Labute approximate surface area is 226 Å². The van der Waals surface area contributed by atoms with E-state index in [4.69, 9.17) is 11.6 Å². The zero-order valence-electron chi connectivity index (χ0n) is 21.1. The number of carbonyl (C=O) groups is 2.